The molecule has 6 heteroatoms. The first kappa shape index (κ1) is 17.7. The molecule has 0 aromatic carbocycles. The second-order valence-electron chi connectivity index (χ2n) is 7.82. The Hall–Kier alpha value is -1.69. The molecule has 0 bridgehead atoms. The number of nitrogens with zero attached hydrogens (tertiary/aromatic N) is 2. The SMILES string of the molecule is CC1CCN(C(=O)CCc2nc3sc4c(c3c(=O)[nH]2)CCCCC4)CC1. The lowest BCUT2D eigenvalue weighted by atomic mass is 9.99. The zero-order valence-electron chi connectivity index (χ0n) is 15.5. The molecule has 2 aromatic heterocycles. The Labute approximate surface area is 157 Å². The summed E-state index contributed by atoms with van der Waals surface area (Å²) < 4.78 is 0. The van der Waals surface area contributed by atoms with Crippen molar-refractivity contribution in [3.8, 4) is 0 Å². The van der Waals surface area contributed by atoms with Crippen molar-refractivity contribution in [1.29, 1.82) is 0 Å². The van der Waals surface area contributed by atoms with Gasteiger partial charge >= 0.3 is 0 Å². The van der Waals surface area contributed by atoms with Crippen LogP contribution in [0.1, 0.15) is 61.7 Å². The van der Waals surface area contributed by atoms with Crippen LogP contribution >= 0.6 is 11.3 Å². The van der Waals surface area contributed by atoms with Crippen molar-refractivity contribution in [1.82, 2.24) is 14.9 Å². The highest BCUT2D eigenvalue weighted by atomic mass is 32.1. The molecule has 1 saturated heterocycles. The normalized spacial score (nSPS) is 18.7. The third kappa shape index (κ3) is 3.56. The van der Waals surface area contributed by atoms with E-state index in [1.165, 1.54) is 23.3 Å². The highest BCUT2D eigenvalue weighted by Crippen LogP contribution is 2.32. The number of nitrogens with one attached hydrogen (secondary N) is 1. The van der Waals surface area contributed by atoms with Gasteiger partial charge in [0.15, 0.2) is 0 Å². The molecule has 1 N–H and O–H groups in total. The summed E-state index contributed by atoms with van der Waals surface area (Å²) >= 11 is 1.68. The number of amides is 1. The number of hydrogen-bond donors (Lipinski definition) is 1. The van der Waals surface area contributed by atoms with Gasteiger partial charge in [-0.05, 0) is 50.0 Å². The van der Waals surface area contributed by atoms with Gasteiger partial charge in [0.2, 0.25) is 5.91 Å². The standard InChI is InChI=1S/C20H27N3O2S/c1-13-9-11-23(12-10-13)17(24)8-7-16-21-19(25)18-14-5-3-2-4-6-15(14)26-20(18)22-16/h13H,2-12H2,1H3,(H,21,22,25). The van der Waals surface area contributed by atoms with Crippen LogP contribution in [0.3, 0.4) is 0 Å². The van der Waals surface area contributed by atoms with Gasteiger partial charge in [-0.3, -0.25) is 9.59 Å². The third-order valence-corrected chi connectivity index (χ3v) is 7.02. The van der Waals surface area contributed by atoms with Crippen LogP contribution in [0.4, 0.5) is 0 Å². The number of H-pyrrole nitrogens is 1. The Morgan fingerprint density at radius 3 is 2.81 bits per heavy atom. The summed E-state index contributed by atoms with van der Waals surface area (Å²) in [5, 5.41) is 0.798. The maximum absolute atomic E-state index is 12.6. The van der Waals surface area contributed by atoms with E-state index in [1.807, 2.05) is 4.90 Å². The lowest BCUT2D eigenvalue weighted by Gasteiger charge is -2.30. The largest absolute Gasteiger partial charge is 0.343 e. The molecule has 1 aliphatic carbocycles. The second kappa shape index (κ2) is 7.51. The molecule has 4 rings (SSSR count). The first-order valence-corrected chi connectivity index (χ1v) is 10.7. The first-order chi connectivity index (χ1) is 12.6. The quantitative estimate of drug-likeness (QED) is 0.838. The highest BCUT2D eigenvalue weighted by Gasteiger charge is 2.21. The Balaban J connectivity index is 1.49. The molecular weight excluding hydrogens is 346 g/mol. The molecule has 1 aliphatic heterocycles. The molecule has 0 saturated carbocycles. The smallest absolute Gasteiger partial charge is 0.259 e. The van der Waals surface area contributed by atoms with Gasteiger partial charge in [0.05, 0.1) is 5.39 Å². The molecule has 1 fully saturated rings. The van der Waals surface area contributed by atoms with Crippen LogP contribution in [0.5, 0.6) is 0 Å². The van der Waals surface area contributed by atoms with E-state index in [4.69, 9.17) is 4.98 Å². The summed E-state index contributed by atoms with van der Waals surface area (Å²) in [6.45, 7) is 3.97. The third-order valence-electron chi connectivity index (χ3n) is 5.84. The zero-order valence-corrected chi connectivity index (χ0v) is 16.3. The van der Waals surface area contributed by atoms with E-state index in [-0.39, 0.29) is 11.5 Å². The number of fused-ring (bicyclic) bond motifs is 3. The lowest BCUT2D eigenvalue weighted by molar-refractivity contribution is -0.132. The van der Waals surface area contributed by atoms with E-state index in [0.29, 0.717) is 24.6 Å². The minimum absolute atomic E-state index is 0.0244. The number of hydrogen-bond acceptors (Lipinski definition) is 4. The van der Waals surface area contributed by atoms with Crippen molar-refractivity contribution in [3.63, 3.8) is 0 Å². The van der Waals surface area contributed by atoms with Gasteiger partial charge in [-0.2, -0.15) is 0 Å². The number of rotatable bonds is 3. The summed E-state index contributed by atoms with van der Waals surface area (Å²) in [6, 6.07) is 0. The molecular formula is C20H27N3O2S. The molecule has 5 nitrogen and oxygen atoms in total. The van der Waals surface area contributed by atoms with E-state index in [2.05, 4.69) is 11.9 Å². The molecule has 3 heterocycles. The molecule has 0 atom stereocenters. The van der Waals surface area contributed by atoms with Crippen molar-refractivity contribution in [3.05, 3.63) is 26.6 Å². The maximum Gasteiger partial charge on any atom is 0.259 e. The Bertz CT molecular complexity index is 862. The summed E-state index contributed by atoms with van der Waals surface area (Å²) in [7, 11) is 0. The van der Waals surface area contributed by atoms with Crippen molar-refractivity contribution >= 4 is 27.5 Å². The molecule has 2 aliphatic rings. The molecule has 1 amide bonds. The minimum atomic E-state index is -0.0244. The monoisotopic (exact) mass is 373 g/mol. The number of aromatic amines is 1. The van der Waals surface area contributed by atoms with Gasteiger partial charge in [-0.25, -0.2) is 4.98 Å². The molecule has 140 valence electrons. The number of carbonyl (C=O) groups is 1. The predicted molar refractivity (Wildman–Crippen MR) is 105 cm³/mol. The van der Waals surface area contributed by atoms with Crippen LogP contribution in [0, 0.1) is 5.92 Å². The average Bonchev–Trinajstić information content (AvgIpc) is 2.82. The maximum atomic E-state index is 12.6. The fourth-order valence-electron chi connectivity index (χ4n) is 4.15. The number of likely N-dealkylation sites (tertiary alicyclic amines) is 1. The molecule has 0 unspecified atom stereocenters. The zero-order chi connectivity index (χ0) is 18.1. The van der Waals surface area contributed by atoms with Crippen molar-refractivity contribution < 1.29 is 4.79 Å². The van der Waals surface area contributed by atoms with E-state index in [9.17, 15) is 9.59 Å². The Morgan fingerprint density at radius 2 is 2.00 bits per heavy atom. The summed E-state index contributed by atoms with van der Waals surface area (Å²) in [5.41, 5.74) is 1.20. The second-order valence-corrected chi connectivity index (χ2v) is 8.90. The van der Waals surface area contributed by atoms with Crippen molar-refractivity contribution in [2.24, 2.45) is 5.92 Å². The number of piperidine rings is 1. The fraction of sp³-hybridized carbons (Fsp3) is 0.650. The summed E-state index contributed by atoms with van der Waals surface area (Å²) in [6.07, 6.45) is 8.77. The van der Waals surface area contributed by atoms with E-state index in [1.54, 1.807) is 11.3 Å². The van der Waals surface area contributed by atoms with Crippen LogP contribution in [0.25, 0.3) is 10.2 Å². The van der Waals surface area contributed by atoms with Gasteiger partial charge in [-0.1, -0.05) is 13.3 Å². The predicted octanol–water partition coefficient (Wildman–Crippen LogP) is 3.44. The number of carbonyl (C=O) groups excluding carboxylic acids is 1. The lowest BCUT2D eigenvalue weighted by Crippen LogP contribution is -2.38. The molecule has 26 heavy (non-hydrogen) atoms. The average molecular weight is 374 g/mol. The number of thiophene rings is 1. The van der Waals surface area contributed by atoms with E-state index in [0.717, 1.165) is 55.4 Å². The van der Waals surface area contributed by atoms with E-state index >= 15 is 0 Å². The number of aromatic nitrogens is 2. The summed E-state index contributed by atoms with van der Waals surface area (Å²) in [4.78, 5) is 36.9. The van der Waals surface area contributed by atoms with Gasteiger partial charge < -0.3 is 9.88 Å². The topological polar surface area (TPSA) is 66.1 Å². The highest BCUT2D eigenvalue weighted by molar-refractivity contribution is 7.18. The molecule has 0 spiro atoms. The molecule has 2 aromatic rings. The van der Waals surface area contributed by atoms with Gasteiger partial charge in [0.25, 0.3) is 5.56 Å². The van der Waals surface area contributed by atoms with Gasteiger partial charge in [0.1, 0.15) is 10.7 Å². The van der Waals surface area contributed by atoms with Crippen LogP contribution < -0.4 is 5.56 Å². The fourth-order valence-corrected chi connectivity index (χ4v) is 5.43. The van der Waals surface area contributed by atoms with Crippen LogP contribution in [0.15, 0.2) is 4.79 Å². The van der Waals surface area contributed by atoms with Gasteiger partial charge in [-0.15, -0.1) is 11.3 Å². The Morgan fingerprint density at radius 1 is 1.23 bits per heavy atom. The van der Waals surface area contributed by atoms with Gasteiger partial charge in [0, 0.05) is 30.8 Å². The first-order valence-electron chi connectivity index (χ1n) is 9.93. The Kier molecular flexibility index (Phi) is 5.11. The minimum Gasteiger partial charge on any atom is -0.343 e. The van der Waals surface area contributed by atoms with Crippen LogP contribution in [0.2, 0.25) is 0 Å². The van der Waals surface area contributed by atoms with Crippen LogP contribution in [-0.2, 0) is 24.1 Å². The number of aryl methyl sites for hydroxylation is 3. The molecule has 0 radical (unpaired) electrons. The summed E-state index contributed by atoms with van der Waals surface area (Å²) in [5.74, 6) is 1.55. The van der Waals surface area contributed by atoms with Crippen molar-refractivity contribution in [2.75, 3.05) is 13.1 Å². The van der Waals surface area contributed by atoms with Crippen molar-refractivity contribution in [2.45, 2.75) is 64.7 Å². The van der Waals surface area contributed by atoms with Crippen LogP contribution in [-0.4, -0.2) is 33.9 Å². The van der Waals surface area contributed by atoms with E-state index < -0.39 is 0 Å².